The lowest BCUT2D eigenvalue weighted by molar-refractivity contribution is 0.121. The van der Waals surface area contributed by atoms with Crippen LogP contribution in [0.25, 0.3) is 39.0 Å². The summed E-state index contributed by atoms with van der Waals surface area (Å²) < 4.78 is 7.83. The van der Waals surface area contributed by atoms with Crippen molar-refractivity contribution in [3.05, 3.63) is 350 Å². The van der Waals surface area contributed by atoms with E-state index in [0.717, 1.165) is 44.3 Å². The summed E-state index contributed by atoms with van der Waals surface area (Å²) in [6.07, 6.45) is 16.8. The highest BCUT2D eigenvalue weighted by Crippen LogP contribution is 2.62. The van der Waals surface area contributed by atoms with Crippen LogP contribution in [0.15, 0.2) is 344 Å². The molecule has 10 atom stereocenters. The topological polar surface area (TPSA) is 22.2 Å². The van der Waals surface area contributed by atoms with Gasteiger partial charge in [-0.1, -0.05) is 266 Å². The molecule has 0 radical (unpaired) electrons. The van der Waals surface area contributed by atoms with Crippen LogP contribution < -0.4 is 35.3 Å². The molecular weight excluding hydrogens is 1210 g/mol. The summed E-state index contributed by atoms with van der Waals surface area (Å²) >= 11 is 2.27. The van der Waals surface area contributed by atoms with Gasteiger partial charge in [0.2, 0.25) is 6.71 Å². The number of hydrogen-bond acceptors (Lipinski definition) is 6. The number of anilines is 6. The van der Waals surface area contributed by atoms with Crippen LogP contribution >= 0.6 is 11.8 Å². The first-order valence-electron chi connectivity index (χ1n) is 35.7. The summed E-state index contributed by atoms with van der Waals surface area (Å²) in [7, 11) is 0. The number of rotatable bonds is 12. The maximum absolute atomic E-state index is 7.83. The van der Waals surface area contributed by atoms with E-state index in [1.54, 1.807) is 0 Å². The Morgan fingerprint density at radius 2 is 1.03 bits per heavy atom. The number of para-hydroxylation sites is 6. The zero-order valence-electron chi connectivity index (χ0n) is 55.0. The minimum atomic E-state index is -0.0705. The van der Waals surface area contributed by atoms with Crippen LogP contribution in [0.3, 0.4) is 0 Å². The summed E-state index contributed by atoms with van der Waals surface area (Å²) in [5.41, 5.74) is 24.8. The maximum Gasteiger partial charge on any atom is 0.225 e. The molecule has 0 N–H and O–H groups in total. The van der Waals surface area contributed by atoms with Gasteiger partial charge in [-0.05, 0) is 155 Å². The third-order valence-corrected chi connectivity index (χ3v) is 24.7. The molecule has 4 aliphatic heterocycles. The van der Waals surface area contributed by atoms with Crippen molar-refractivity contribution in [2.24, 2.45) is 0 Å². The minimum Gasteiger partial charge on any atom is -0.491 e. The number of benzene rings is 11. The van der Waals surface area contributed by atoms with Gasteiger partial charge in [-0.2, -0.15) is 11.8 Å². The number of nitrogens with zero attached hydrogens (tertiary/aromatic N) is 4. The number of hydrogen-bond donors (Lipinski definition) is 0. The summed E-state index contributed by atoms with van der Waals surface area (Å²) in [5.74, 6) is 1.71. The van der Waals surface area contributed by atoms with E-state index in [4.69, 9.17) is 4.74 Å². The molecule has 1 saturated carbocycles. The maximum atomic E-state index is 7.83. The Morgan fingerprint density at radius 3 is 1.67 bits per heavy atom. The Kier molecular flexibility index (Phi) is 15.1. The Labute approximate surface area is 582 Å². The molecule has 0 amide bonds. The molecule has 3 fully saturated rings. The third kappa shape index (κ3) is 10.2. The summed E-state index contributed by atoms with van der Waals surface area (Å²) in [6.45, 7) is 0.352. The van der Waals surface area contributed by atoms with Gasteiger partial charge in [-0.25, -0.2) is 0 Å². The molecule has 8 aliphatic rings. The smallest absolute Gasteiger partial charge is 0.225 e. The Hall–Kier alpha value is -10.1. The molecule has 4 heterocycles. The van der Waals surface area contributed by atoms with Gasteiger partial charge in [0, 0.05) is 91.8 Å². The van der Waals surface area contributed by atoms with Crippen molar-refractivity contribution < 1.29 is 4.74 Å². The van der Waals surface area contributed by atoms with Crippen molar-refractivity contribution in [3.8, 4) is 39.1 Å². The van der Waals surface area contributed by atoms with Gasteiger partial charge in [0.25, 0.3) is 0 Å². The van der Waals surface area contributed by atoms with Crippen LogP contribution in [0.4, 0.5) is 34.1 Å². The number of ether oxygens (including phenoxy) is 1. The predicted molar refractivity (Wildman–Crippen MR) is 414 cm³/mol. The highest BCUT2D eigenvalue weighted by Gasteiger charge is 2.62. The summed E-state index contributed by atoms with van der Waals surface area (Å²) in [5, 5.41) is 0.453. The van der Waals surface area contributed by atoms with Crippen LogP contribution in [-0.2, 0) is 0 Å². The van der Waals surface area contributed by atoms with E-state index in [2.05, 4.69) is 359 Å². The lowest BCUT2D eigenvalue weighted by atomic mass is 9.23. The minimum absolute atomic E-state index is 0.0459. The fourth-order valence-corrected chi connectivity index (χ4v) is 21.0. The van der Waals surface area contributed by atoms with Crippen LogP contribution in [-0.4, -0.2) is 54.2 Å². The van der Waals surface area contributed by atoms with Crippen molar-refractivity contribution >= 4 is 75.8 Å². The average Bonchev–Trinajstić information content (AvgIpc) is 0.693. The van der Waals surface area contributed by atoms with Crippen LogP contribution in [0, 0.1) is 0 Å². The predicted octanol–water partition coefficient (Wildman–Crippen LogP) is 20.4. The lowest BCUT2D eigenvalue weighted by Gasteiger charge is -2.61. The fraction of sp³-hybridized carbons (Fsp3) is 0.178. The first kappa shape index (κ1) is 59.2. The molecule has 0 bridgehead atoms. The SMILES string of the molecule is C1=C2B3c4ccccc4OC4CC(N(c5ccc(-c6ccccc6)cc5)C5CC=C(c6ccccc6)CC5)CC(C34)N(c3c(-c4ccccc4)cccc3-c3ccccc3)C2=CC2SC3CC(N(c4ccccc4)c4ccccc4)=CC4C3B(c3ccccc3N4c3ccccc3)C12. The van der Waals surface area contributed by atoms with E-state index in [1.165, 1.54) is 106 Å². The lowest BCUT2D eigenvalue weighted by Crippen LogP contribution is -2.67. The molecule has 19 rings (SSSR count). The molecule has 10 unspecified atom stereocenters. The van der Waals surface area contributed by atoms with Gasteiger partial charge < -0.3 is 24.3 Å². The van der Waals surface area contributed by atoms with E-state index in [-0.39, 0.29) is 65.8 Å². The van der Waals surface area contributed by atoms with E-state index in [9.17, 15) is 0 Å². The molecule has 11 aromatic carbocycles. The number of thioether (sulfide) groups is 1. The van der Waals surface area contributed by atoms with Gasteiger partial charge in [0.1, 0.15) is 5.75 Å². The van der Waals surface area contributed by atoms with E-state index >= 15 is 0 Å². The van der Waals surface area contributed by atoms with E-state index < -0.39 is 0 Å². The zero-order valence-corrected chi connectivity index (χ0v) is 55.8. The van der Waals surface area contributed by atoms with Gasteiger partial charge >= 0.3 is 0 Å². The molecule has 2 saturated heterocycles. The second-order valence-electron chi connectivity index (χ2n) is 28.2. The van der Waals surface area contributed by atoms with Gasteiger partial charge in [0.05, 0.1) is 17.8 Å². The Bertz CT molecular complexity index is 4770. The van der Waals surface area contributed by atoms with Crippen molar-refractivity contribution in [1.82, 2.24) is 0 Å². The largest absolute Gasteiger partial charge is 0.491 e. The first-order chi connectivity index (χ1) is 48.6. The molecule has 5 nitrogen and oxygen atoms in total. The molecule has 98 heavy (non-hydrogen) atoms. The second kappa shape index (κ2) is 25.1. The van der Waals surface area contributed by atoms with E-state index in [0.29, 0.717) is 5.82 Å². The standard InChI is InChI=1S/C90H76B2N4OS/c1-8-27-61(28-9-1)63-47-51-70(52-48-63)94(71-53-49-64(50-54-71)62-29-10-2-11-30-62)72-55-82-88-85(57-72)97-84-46-25-23-44-77(84)92(88)78-59-79-86(60-81(78)96(82)90-74(65-31-12-3-13-32-65)41-26-42-75(90)66-33-14-4-15-34-66)98-87-58-73(93(67-35-16-5-17-36-67)68-37-18-6-19-38-68)56-83-89(87)91(79)76-43-22-24-45-80(76)95(83)69-39-20-7-21-40-69/h1-49,51-52,56,59-60,71-72,79,82-83,85-89H,50,53-55,57-58H2. The number of fused-ring (bicyclic) bond motifs is 8. The molecule has 0 aromatic heterocycles. The van der Waals surface area contributed by atoms with Crippen LogP contribution in [0.1, 0.15) is 44.1 Å². The summed E-state index contributed by atoms with van der Waals surface area (Å²) in [6, 6.07) is 114. The van der Waals surface area contributed by atoms with E-state index in [1.807, 2.05) is 0 Å². The molecular formula is C90H76B2N4OS. The molecule has 11 aromatic rings. The Morgan fingerprint density at radius 1 is 0.459 bits per heavy atom. The zero-order chi connectivity index (χ0) is 64.6. The normalized spacial score (nSPS) is 23.9. The monoisotopic (exact) mass is 1280 g/mol. The van der Waals surface area contributed by atoms with Gasteiger partial charge in [-0.3, -0.25) is 0 Å². The van der Waals surface area contributed by atoms with Gasteiger partial charge in [0.15, 0.2) is 6.71 Å². The Balaban J connectivity index is 0.821. The second-order valence-corrected chi connectivity index (χ2v) is 29.6. The first-order valence-corrected chi connectivity index (χ1v) is 36.7. The average molecular weight is 1280 g/mol. The number of allylic oxidation sites excluding steroid dienone is 4. The van der Waals surface area contributed by atoms with Gasteiger partial charge in [-0.15, -0.1) is 0 Å². The highest BCUT2D eigenvalue weighted by molar-refractivity contribution is 8.01. The fourth-order valence-electron chi connectivity index (χ4n) is 19.2. The van der Waals surface area contributed by atoms with Crippen LogP contribution in [0.5, 0.6) is 5.75 Å². The molecule has 8 heteroatoms. The van der Waals surface area contributed by atoms with Crippen LogP contribution in [0.2, 0.25) is 17.5 Å². The highest BCUT2D eigenvalue weighted by atomic mass is 32.2. The van der Waals surface area contributed by atoms with Crippen molar-refractivity contribution in [2.75, 3.05) is 19.6 Å². The quantitative estimate of drug-likeness (QED) is 0.113. The molecule has 4 aliphatic carbocycles. The molecule has 0 spiro atoms. The van der Waals surface area contributed by atoms with Crippen molar-refractivity contribution in [1.29, 1.82) is 0 Å². The van der Waals surface area contributed by atoms with Crippen molar-refractivity contribution in [3.63, 3.8) is 0 Å². The van der Waals surface area contributed by atoms with Crippen molar-refractivity contribution in [2.45, 2.75) is 96.7 Å². The summed E-state index contributed by atoms with van der Waals surface area (Å²) in [4.78, 5) is 11.2. The third-order valence-electron chi connectivity index (χ3n) is 23.1. The molecule has 474 valence electrons.